The van der Waals surface area contributed by atoms with Crippen LogP contribution in [-0.4, -0.2) is 39.6 Å². The molecular weight excluding hydrogens is 376 g/mol. The van der Waals surface area contributed by atoms with E-state index in [1.54, 1.807) is 7.11 Å². The first-order valence-corrected chi connectivity index (χ1v) is 10.6. The number of amides is 1. The standard InChI is InChI=1S/C20H28N4O3S/c1-14-8-4-5-9-15(14)21-19(25)13-28-20-23-22-18(24(20)2)12-27-17-11-7-6-10-16(17)26-3/h6-7,10-11,14-15H,4-5,8-9,12-13H2,1-3H3,(H,21,25)/t14-,15+/m1/s1. The first kappa shape index (κ1) is 20.5. The zero-order valence-corrected chi connectivity index (χ0v) is 17.5. The molecule has 152 valence electrons. The average Bonchev–Trinajstić information content (AvgIpc) is 3.06. The third-order valence-corrected chi connectivity index (χ3v) is 6.16. The second kappa shape index (κ2) is 9.82. The number of thioether (sulfide) groups is 1. The predicted molar refractivity (Wildman–Crippen MR) is 109 cm³/mol. The molecule has 0 saturated heterocycles. The van der Waals surface area contributed by atoms with Crippen LogP contribution in [0.1, 0.15) is 38.4 Å². The van der Waals surface area contributed by atoms with Crippen molar-refractivity contribution in [1.29, 1.82) is 0 Å². The highest BCUT2D eigenvalue weighted by Crippen LogP contribution is 2.27. The summed E-state index contributed by atoms with van der Waals surface area (Å²) in [5.74, 6) is 2.96. The number of benzene rings is 1. The summed E-state index contributed by atoms with van der Waals surface area (Å²) >= 11 is 1.39. The lowest BCUT2D eigenvalue weighted by atomic mass is 9.86. The van der Waals surface area contributed by atoms with Crippen molar-refractivity contribution in [2.45, 2.75) is 50.4 Å². The number of rotatable bonds is 8. The maximum absolute atomic E-state index is 12.3. The minimum absolute atomic E-state index is 0.0542. The normalized spacial score (nSPS) is 19.2. The zero-order valence-electron chi connectivity index (χ0n) is 16.7. The Balaban J connectivity index is 1.51. The Kier molecular flexibility index (Phi) is 7.19. The van der Waals surface area contributed by atoms with Crippen molar-refractivity contribution in [2.75, 3.05) is 12.9 Å². The fraction of sp³-hybridized carbons (Fsp3) is 0.550. The van der Waals surface area contributed by atoms with E-state index in [1.165, 1.54) is 31.0 Å². The van der Waals surface area contributed by atoms with Gasteiger partial charge in [-0.25, -0.2) is 0 Å². The van der Waals surface area contributed by atoms with Crippen LogP contribution in [0.2, 0.25) is 0 Å². The molecule has 1 N–H and O–H groups in total. The van der Waals surface area contributed by atoms with E-state index in [-0.39, 0.29) is 12.5 Å². The summed E-state index contributed by atoms with van der Waals surface area (Å²) in [5.41, 5.74) is 0. The summed E-state index contributed by atoms with van der Waals surface area (Å²) in [5, 5.41) is 12.2. The molecule has 1 aromatic carbocycles. The molecule has 1 amide bonds. The van der Waals surface area contributed by atoms with Gasteiger partial charge in [-0.3, -0.25) is 4.79 Å². The lowest BCUT2D eigenvalue weighted by molar-refractivity contribution is -0.119. The summed E-state index contributed by atoms with van der Waals surface area (Å²) < 4.78 is 13.0. The summed E-state index contributed by atoms with van der Waals surface area (Å²) in [7, 11) is 3.49. The maximum atomic E-state index is 12.3. The molecule has 1 aliphatic rings. The van der Waals surface area contributed by atoms with Crippen molar-refractivity contribution in [3.8, 4) is 11.5 Å². The Hall–Kier alpha value is -2.22. The molecule has 28 heavy (non-hydrogen) atoms. The van der Waals surface area contributed by atoms with Crippen LogP contribution >= 0.6 is 11.8 Å². The van der Waals surface area contributed by atoms with Crippen molar-refractivity contribution >= 4 is 17.7 Å². The maximum Gasteiger partial charge on any atom is 0.230 e. The number of carbonyl (C=O) groups is 1. The molecule has 0 aliphatic heterocycles. The van der Waals surface area contributed by atoms with Gasteiger partial charge in [-0.1, -0.05) is 43.7 Å². The third kappa shape index (κ3) is 5.19. The third-order valence-electron chi connectivity index (χ3n) is 5.14. The van der Waals surface area contributed by atoms with E-state index >= 15 is 0 Å². The Morgan fingerprint density at radius 2 is 2.00 bits per heavy atom. The summed E-state index contributed by atoms with van der Waals surface area (Å²) in [4.78, 5) is 12.3. The van der Waals surface area contributed by atoms with Gasteiger partial charge in [-0.15, -0.1) is 10.2 Å². The summed E-state index contributed by atoms with van der Waals surface area (Å²) in [6.45, 7) is 2.49. The quantitative estimate of drug-likeness (QED) is 0.681. The molecule has 7 nitrogen and oxygen atoms in total. The van der Waals surface area contributed by atoms with Gasteiger partial charge in [0, 0.05) is 13.1 Å². The number of hydrogen-bond acceptors (Lipinski definition) is 6. The highest BCUT2D eigenvalue weighted by Gasteiger charge is 2.23. The topological polar surface area (TPSA) is 78.3 Å². The molecule has 0 radical (unpaired) electrons. The van der Waals surface area contributed by atoms with E-state index in [9.17, 15) is 4.79 Å². The van der Waals surface area contributed by atoms with Gasteiger partial charge in [0.15, 0.2) is 22.5 Å². The van der Waals surface area contributed by atoms with E-state index in [4.69, 9.17) is 9.47 Å². The minimum Gasteiger partial charge on any atom is -0.493 e. The van der Waals surface area contributed by atoms with Crippen molar-refractivity contribution in [3.05, 3.63) is 30.1 Å². The number of nitrogens with zero attached hydrogens (tertiary/aromatic N) is 3. The van der Waals surface area contributed by atoms with Crippen LogP contribution < -0.4 is 14.8 Å². The van der Waals surface area contributed by atoms with Crippen LogP contribution in [0.25, 0.3) is 0 Å². The molecule has 3 rings (SSSR count). The van der Waals surface area contributed by atoms with Gasteiger partial charge in [0.05, 0.1) is 12.9 Å². The van der Waals surface area contributed by atoms with Crippen LogP contribution in [0.3, 0.4) is 0 Å². The first-order chi connectivity index (χ1) is 13.6. The van der Waals surface area contributed by atoms with E-state index in [0.717, 1.165) is 6.42 Å². The molecular formula is C20H28N4O3S. The van der Waals surface area contributed by atoms with Gasteiger partial charge >= 0.3 is 0 Å². The number of carbonyl (C=O) groups excluding carboxylic acids is 1. The smallest absolute Gasteiger partial charge is 0.230 e. The fourth-order valence-corrected chi connectivity index (χ4v) is 4.13. The van der Waals surface area contributed by atoms with Gasteiger partial charge in [-0.2, -0.15) is 0 Å². The highest BCUT2D eigenvalue weighted by molar-refractivity contribution is 7.99. The monoisotopic (exact) mass is 404 g/mol. The van der Waals surface area contributed by atoms with Gasteiger partial charge in [0.25, 0.3) is 0 Å². The van der Waals surface area contributed by atoms with Crippen molar-refractivity contribution in [1.82, 2.24) is 20.1 Å². The van der Waals surface area contributed by atoms with Crippen LogP contribution in [0.5, 0.6) is 11.5 Å². The van der Waals surface area contributed by atoms with Crippen LogP contribution in [0.4, 0.5) is 0 Å². The number of aromatic nitrogens is 3. The molecule has 2 atom stereocenters. The van der Waals surface area contributed by atoms with Crippen molar-refractivity contribution in [2.24, 2.45) is 13.0 Å². The minimum atomic E-state index is 0.0542. The summed E-state index contributed by atoms with van der Waals surface area (Å²) in [6.07, 6.45) is 4.73. The Morgan fingerprint density at radius 1 is 1.25 bits per heavy atom. The number of nitrogens with one attached hydrogen (secondary N) is 1. The first-order valence-electron chi connectivity index (χ1n) is 9.64. The van der Waals surface area contributed by atoms with E-state index < -0.39 is 0 Å². The van der Waals surface area contributed by atoms with Crippen molar-refractivity contribution < 1.29 is 14.3 Å². The molecule has 1 aromatic heterocycles. The molecule has 1 fully saturated rings. The molecule has 1 aliphatic carbocycles. The molecule has 0 unspecified atom stereocenters. The van der Waals surface area contributed by atoms with Gasteiger partial charge in [0.2, 0.25) is 5.91 Å². The van der Waals surface area contributed by atoms with Crippen LogP contribution in [0, 0.1) is 5.92 Å². The fourth-order valence-electron chi connectivity index (χ4n) is 3.39. The Labute approximate surface area is 170 Å². The number of ether oxygens (including phenoxy) is 2. The molecule has 0 bridgehead atoms. The van der Waals surface area contributed by atoms with E-state index in [0.29, 0.717) is 40.2 Å². The van der Waals surface area contributed by atoms with Crippen LogP contribution in [0.15, 0.2) is 29.4 Å². The lowest BCUT2D eigenvalue weighted by Crippen LogP contribution is -2.41. The van der Waals surface area contributed by atoms with Gasteiger partial charge < -0.3 is 19.4 Å². The second-order valence-corrected chi connectivity index (χ2v) is 8.06. The zero-order chi connectivity index (χ0) is 19.9. The lowest BCUT2D eigenvalue weighted by Gasteiger charge is -2.29. The van der Waals surface area contributed by atoms with Gasteiger partial charge in [-0.05, 0) is 30.9 Å². The second-order valence-electron chi connectivity index (χ2n) is 7.12. The molecule has 1 heterocycles. The Bertz CT molecular complexity index is 796. The predicted octanol–water partition coefficient (Wildman–Crippen LogP) is 3.19. The van der Waals surface area contributed by atoms with Gasteiger partial charge in [0.1, 0.15) is 6.61 Å². The van der Waals surface area contributed by atoms with E-state index in [1.807, 2.05) is 35.9 Å². The largest absolute Gasteiger partial charge is 0.493 e. The molecule has 0 spiro atoms. The number of hydrogen-bond donors (Lipinski definition) is 1. The number of para-hydroxylation sites is 2. The molecule has 2 aromatic rings. The molecule has 8 heteroatoms. The number of methoxy groups -OCH3 is 1. The van der Waals surface area contributed by atoms with Crippen LogP contribution in [-0.2, 0) is 18.4 Å². The average molecular weight is 405 g/mol. The Morgan fingerprint density at radius 3 is 2.75 bits per heavy atom. The molecule has 1 saturated carbocycles. The SMILES string of the molecule is COc1ccccc1OCc1nnc(SCC(=O)N[C@H]2CCCC[C@H]2C)n1C. The van der Waals surface area contributed by atoms with E-state index in [2.05, 4.69) is 22.4 Å². The highest BCUT2D eigenvalue weighted by atomic mass is 32.2. The summed E-state index contributed by atoms with van der Waals surface area (Å²) in [6, 6.07) is 7.77. The van der Waals surface area contributed by atoms with Crippen molar-refractivity contribution in [3.63, 3.8) is 0 Å².